The maximum Gasteiger partial charge on any atom is 0.130 e. The van der Waals surface area contributed by atoms with E-state index in [1.54, 1.807) is 19.2 Å². The van der Waals surface area contributed by atoms with Crippen molar-refractivity contribution in [3.05, 3.63) is 53.1 Å². The lowest BCUT2D eigenvalue weighted by Gasteiger charge is -2.19. The van der Waals surface area contributed by atoms with Crippen molar-refractivity contribution in [3.8, 4) is 0 Å². The minimum absolute atomic E-state index is 0.147. The van der Waals surface area contributed by atoms with Gasteiger partial charge in [-0.2, -0.15) is 0 Å². The second kappa shape index (κ2) is 6.80. The standard InChI is InChI=1S/C16H21F2N3/c1-4-19-15(5-6-16-20-7-8-21(16)3)12-9-11(2)13(17)10-14(12)18/h7-10,15,19H,4-6H2,1-3H3. The Hall–Kier alpha value is -1.75. The average Bonchev–Trinajstić information content (AvgIpc) is 2.84. The van der Waals surface area contributed by atoms with Crippen LogP contribution in [0.4, 0.5) is 8.78 Å². The number of halogens is 2. The molecule has 2 aromatic rings. The van der Waals surface area contributed by atoms with Gasteiger partial charge in [0.2, 0.25) is 0 Å². The maximum atomic E-state index is 14.0. The van der Waals surface area contributed by atoms with Gasteiger partial charge in [-0.1, -0.05) is 6.92 Å². The van der Waals surface area contributed by atoms with E-state index in [2.05, 4.69) is 10.3 Å². The van der Waals surface area contributed by atoms with E-state index in [1.807, 2.05) is 24.7 Å². The van der Waals surface area contributed by atoms with Crippen LogP contribution in [0.2, 0.25) is 0 Å². The Balaban J connectivity index is 2.19. The molecule has 0 saturated heterocycles. The number of nitrogens with zero attached hydrogens (tertiary/aromatic N) is 2. The van der Waals surface area contributed by atoms with Crippen LogP contribution in [0.5, 0.6) is 0 Å². The van der Waals surface area contributed by atoms with Crippen molar-refractivity contribution in [1.82, 2.24) is 14.9 Å². The summed E-state index contributed by atoms with van der Waals surface area (Å²) in [5.41, 5.74) is 0.983. The summed E-state index contributed by atoms with van der Waals surface area (Å²) in [5, 5.41) is 3.27. The molecule has 1 aromatic carbocycles. The number of nitrogens with one attached hydrogen (secondary N) is 1. The Labute approximate surface area is 124 Å². The highest BCUT2D eigenvalue weighted by Crippen LogP contribution is 2.24. The molecule has 0 saturated carbocycles. The zero-order chi connectivity index (χ0) is 15.4. The first-order valence-corrected chi connectivity index (χ1v) is 7.18. The third-order valence-electron chi connectivity index (χ3n) is 3.68. The van der Waals surface area contributed by atoms with Crippen molar-refractivity contribution < 1.29 is 8.78 Å². The van der Waals surface area contributed by atoms with Crippen LogP contribution in [-0.2, 0) is 13.5 Å². The summed E-state index contributed by atoms with van der Waals surface area (Å²) in [7, 11) is 1.94. The lowest BCUT2D eigenvalue weighted by atomic mass is 9.99. The zero-order valence-electron chi connectivity index (χ0n) is 12.7. The van der Waals surface area contributed by atoms with Gasteiger partial charge in [-0.25, -0.2) is 13.8 Å². The first kappa shape index (κ1) is 15.6. The van der Waals surface area contributed by atoms with Gasteiger partial charge in [0.15, 0.2) is 0 Å². The molecule has 1 N–H and O–H groups in total. The van der Waals surface area contributed by atoms with Gasteiger partial charge < -0.3 is 9.88 Å². The molecule has 1 unspecified atom stereocenters. The quantitative estimate of drug-likeness (QED) is 0.885. The molecule has 1 aromatic heterocycles. The molecule has 1 atom stereocenters. The molecule has 0 aliphatic carbocycles. The van der Waals surface area contributed by atoms with Crippen LogP contribution in [-0.4, -0.2) is 16.1 Å². The van der Waals surface area contributed by atoms with E-state index in [0.717, 1.165) is 24.9 Å². The molecule has 21 heavy (non-hydrogen) atoms. The minimum atomic E-state index is -0.504. The number of hydrogen-bond acceptors (Lipinski definition) is 2. The van der Waals surface area contributed by atoms with E-state index in [1.165, 1.54) is 0 Å². The molecular formula is C16H21F2N3. The first-order valence-electron chi connectivity index (χ1n) is 7.18. The minimum Gasteiger partial charge on any atom is -0.338 e. The van der Waals surface area contributed by atoms with Gasteiger partial charge >= 0.3 is 0 Å². The summed E-state index contributed by atoms with van der Waals surface area (Å²) in [4.78, 5) is 4.28. The van der Waals surface area contributed by atoms with Crippen molar-refractivity contribution in [2.24, 2.45) is 7.05 Å². The van der Waals surface area contributed by atoms with Gasteiger partial charge in [-0.05, 0) is 31.5 Å². The molecule has 3 nitrogen and oxygen atoms in total. The summed E-state index contributed by atoms with van der Waals surface area (Å²) in [6.45, 7) is 4.35. The Morgan fingerprint density at radius 2 is 2.05 bits per heavy atom. The molecule has 1 heterocycles. The number of imidazole rings is 1. The smallest absolute Gasteiger partial charge is 0.130 e. The fourth-order valence-electron chi connectivity index (χ4n) is 2.47. The monoisotopic (exact) mass is 293 g/mol. The van der Waals surface area contributed by atoms with Gasteiger partial charge in [0.25, 0.3) is 0 Å². The van der Waals surface area contributed by atoms with Crippen LogP contribution >= 0.6 is 0 Å². The molecule has 0 aliphatic heterocycles. The van der Waals surface area contributed by atoms with E-state index in [4.69, 9.17) is 0 Å². The van der Waals surface area contributed by atoms with E-state index in [0.29, 0.717) is 17.5 Å². The van der Waals surface area contributed by atoms with Crippen LogP contribution in [0, 0.1) is 18.6 Å². The predicted molar refractivity (Wildman–Crippen MR) is 79.0 cm³/mol. The Morgan fingerprint density at radius 3 is 2.67 bits per heavy atom. The largest absolute Gasteiger partial charge is 0.338 e. The van der Waals surface area contributed by atoms with Crippen molar-refractivity contribution >= 4 is 0 Å². The van der Waals surface area contributed by atoms with Crippen molar-refractivity contribution in [3.63, 3.8) is 0 Å². The normalized spacial score (nSPS) is 12.6. The maximum absolute atomic E-state index is 14.0. The van der Waals surface area contributed by atoms with Gasteiger partial charge in [-0.15, -0.1) is 0 Å². The molecule has 0 aliphatic rings. The number of aromatic nitrogens is 2. The van der Waals surface area contributed by atoms with Crippen molar-refractivity contribution in [1.29, 1.82) is 0 Å². The van der Waals surface area contributed by atoms with E-state index < -0.39 is 11.6 Å². The molecule has 0 amide bonds. The lowest BCUT2D eigenvalue weighted by Crippen LogP contribution is -2.23. The summed E-state index contributed by atoms with van der Waals surface area (Å²) < 4.78 is 29.4. The topological polar surface area (TPSA) is 29.9 Å². The lowest BCUT2D eigenvalue weighted by molar-refractivity contribution is 0.473. The number of benzene rings is 1. The SMILES string of the molecule is CCNC(CCc1nccn1C)c1cc(C)c(F)cc1F. The third kappa shape index (κ3) is 3.67. The molecular weight excluding hydrogens is 272 g/mol. The summed E-state index contributed by atoms with van der Waals surface area (Å²) in [5.74, 6) is -0.0448. The van der Waals surface area contributed by atoms with Gasteiger partial charge in [0.05, 0.1) is 0 Å². The van der Waals surface area contributed by atoms with Gasteiger partial charge in [-0.3, -0.25) is 0 Å². The molecule has 0 fully saturated rings. The highest BCUT2D eigenvalue weighted by Gasteiger charge is 2.17. The molecule has 114 valence electrons. The fourth-order valence-corrected chi connectivity index (χ4v) is 2.47. The molecule has 2 rings (SSSR count). The van der Waals surface area contributed by atoms with E-state index in [-0.39, 0.29) is 6.04 Å². The highest BCUT2D eigenvalue weighted by atomic mass is 19.1. The Kier molecular flexibility index (Phi) is 5.07. The van der Waals surface area contributed by atoms with Crippen molar-refractivity contribution in [2.45, 2.75) is 32.7 Å². The second-order valence-corrected chi connectivity index (χ2v) is 5.23. The molecule has 5 heteroatoms. The fraction of sp³-hybridized carbons (Fsp3) is 0.438. The summed E-state index contributed by atoms with van der Waals surface area (Å²) in [6.07, 6.45) is 5.08. The van der Waals surface area contributed by atoms with Crippen LogP contribution in [0.25, 0.3) is 0 Å². The van der Waals surface area contributed by atoms with Crippen LogP contribution < -0.4 is 5.32 Å². The Bertz CT molecular complexity index is 608. The molecule has 0 radical (unpaired) electrons. The molecule has 0 spiro atoms. The van der Waals surface area contributed by atoms with Crippen molar-refractivity contribution in [2.75, 3.05) is 6.54 Å². The number of rotatable bonds is 6. The van der Waals surface area contributed by atoms with E-state index in [9.17, 15) is 8.78 Å². The number of aryl methyl sites for hydroxylation is 3. The van der Waals surface area contributed by atoms with Crippen LogP contribution in [0.15, 0.2) is 24.5 Å². The molecule has 0 bridgehead atoms. The second-order valence-electron chi connectivity index (χ2n) is 5.23. The zero-order valence-corrected chi connectivity index (χ0v) is 12.7. The van der Waals surface area contributed by atoms with Crippen LogP contribution in [0.1, 0.15) is 36.3 Å². The van der Waals surface area contributed by atoms with E-state index >= 15 is 0 Å². The van der Waals surface area contributed by atoms with Crippen LogP contribution in [0.3, 0.4) is 0 Å². The average molecular weight is 293 g/mol. The first-order chi connectivity index (χ1) is 10.0. The Morgan fingerprint density at radius 1 is 1.29 bits per heavy atom. The number of hydrogen-bond donors (Lipinski definition) is 1. The van der Waals surface area contributed by atoms with Gasteiger partial charge in [0.1, 0.15) is 17.5 Å². The van der Waals surface area contributed by atoms with Gasteiger partial charge in [0, 0.05) is 43.5 Å². The summed E-state index contributed by atoms with van der Waals surface area (Å²) >= 11 is 0. The summed E-state index contributed by atoms with van der Waals surface area (Å²) in [6, 6.07) is 2.41. The highest BCUT2D eigenvalue weighted by molar-refractivity contribution is 5.28. The third-order valence-corrected chi connectivity index (χ3v) is 3.68. The predicted octanol–water partition coefficient (Wildman–Crippen LogP) is 3.29.